The van der Waals surface area contributed by atoms with E-state index in [0.29, 0.717) is 17.7 Å². The summed E-state index contributed by atoms with van der Waals surface area (Å²) in [6, 6.07) is 24.7. The van der Waals surface area contributed by atoms with Gasteiger partial charge in [0, 0.05) is 23.3 Å². The number of benzene rings is 3. The van der Waals surface area contributed by atoms with Crippen molar-refractivity contribution in [1.82, 2.24) is 0 Å². The van der Waals surface area contributed by atoms with Gasteiger partial charge in [-0.25, -0.2) is 0 Å². The van der Waals surface area contributed by atoms with Crippen LogP contribution in [0.4, 0.5) is 11.4 Å². The normalized spacial score (nSPS) is 17.4. The summed E-state index contributed by atoms with van der Waals surface area (Å²) in [6.07, 6.45) is 0.630. The highest BCUT2D eigenvalue weighted by Crippen LogP contribution is 2.43. The van der Waals surface area contributed by atoms with E-state index in [2.05, 4.69) is 0 Å². The van der Waals surface area contributed by atoms with Crippen molar-refractivity contribution in [1.29, 1.82) is 0 Å². The predicted octanol–water partition coefficient (Wildman–Crippen LogP) is 5.86. The Bertz CT molecular complexity index is 1140. The molecule has 1 aliphatic heterocycles. The molecule has 0 saturated heterocycles. The van der Waals surface area contributed by atoms with Crippen LogP contribution in [0.15, 0.2) is 78.9 Å². The first-order chi connectivity index (χ1) is 15.9. The molecule has 5 heteroatoms. The van der Waals surface area contributed by atoms with Crippen molar-refractivity contribution >= 4 is 23.2 Å². The number of fused-ring (bicyclic) bond motifs is 1. The molecule has 0 bridgehead atoms. The molecule has 0 radical (unpaired) electrons. The minimum Gasteiger partial charge on any atom is -0.496 e. The summed E-state index contributed by atoms with van der Waals surface area (Å²) < 4.78 is 5.46. The van der Waals surface area contributed by atoms with Crippen LogP contribution in [0.5, 0.6) is 5.75 Å². The number of carbonyl (C=O) groups excluding carboxylic acids is 2. The van der Waals surface area contributed by atoms with Gasteiger partial charge in [0.15, 0.2) is 0 Å². The van der Waals surface area contributed by atoms with Gasteiger partial charge in [-0.3, -0.25) is 9.59 Å². The number of hydrogen-bond donors (Lipinski definition) is 0. The Balaban J connectivity index is 1.81. The van der Waals surface area contributed by atoms with E-state index in [4.69, 9.17) is 4.74 Å². The molecule has 4 rings (SSSR count). The van der Waals surface area contributed by atoms with Gasteiger partial charge in [0.05, 0.1) is 18.7 Å². The fourth-order valence-electron chi connectivity index (χ4n) is 4.61. The van der Waals surface area contributed by atoms with Crippen LogP contribution in [0.3, 0.4) is 0 Å². The zero-order valence-corrected chi connectivity index (χ0v) is 19.6. The zero-order chi connectivity index (χ0) is 23.5. The molecule has 3 aromatic rings. The van der Waals surface area contributed by atoms with Crippen LogP contribution in [0.1, 0.15) is 49.2 Å². The van der Waals surface area contributed by atoms with Crippen molar-refractivity contribution in [3.05, 3.63) is 90.0 Å². The standard InChI is InChI=1S/C28H30N2O3/c1-19(2)27(31)30(21-12-6-5-7-13-21)25-18-20(3)29(24-16-10-8-14-22(24)25)28(32)23-15-9-11-17-26(23)33-4/h5-17,19-20,25H,18H2,1-4H3. The van der Waals surface area contributed by atoms with E-state index in [1.54, 1.807) is 19.2 Å². The smallest absolute Gasteiger partial charge is 0.262 e. The molecule has 1 aliphatic rings. The molecule has 0 aliphatic carbocycles. The number of rotatable bonds is 5. The monoisotopic (exact) mass is 442 g/mol. The van der Waals surface area contributed by atoms with Crippen molar-refractivity contribution in [2.75, 3.05) is 16.9 Å². The maximum Gasteiger partial charge on any atom is 0.262 e. The summed E-state index contributed by atoms with van der Waals surface area (Å²) in [5, 5.41) is 0. The number of anilines is 2. The van der Waals surface area contributed by atoms with Crippen LogP contribution in [0, 0.1) is 5.92 Å². The van der Waals surface area contributed by atoms with Gasteiger partial charge in [0.25, 0.3) is 5.91 Å². The Morgan fingerprint density at radius 1 is 0.939 bits per heavy atom. The molecule has 5 nitrogen and oxygen atoms in total. The number of amides is 2. The van der Waals surface area contributed by atoms with Crippen LogP contribution in [-0.2, 0) is 4.79 Å². The van der Waals surface area contributed by atoms with Crippen molar-refractivity contribution in [2.24, 2.45) is 5.92 Å². The zero-order valence-electron chi connectivity index (χ0n) is 19.6. The molecule has 0 spiro atoms. The second-order valence-corrected chi connectivity index (χ2v) is 8.73. The summed E-state index contributed by atoms with van der Waals surface area (Å²) in [7, 11) is 1.57. The molecular weight excluding hydrogens is 412 g/mol. The lowest BCUT2D eigenvalue weighted by Crippen LogP contribution is -2.48. The Kier molecular flexibility index (Phi) is 6.50. The highest BCUT2D eigenvalue weighted by molar-refractivity contribution is 6.09. The number of hydrogen-bond acceptors (Lipinski definition) is 3. The molecule has 1 heterocycles. The van der Waals surface area contributed by atoms with Gasteiger partial charge in [-0.1, -0.05) is 62.4 Å². The first-order valence-corrected chi connectivity index (χ1v) is 11.4. The Morgan fingerprint density at radius 2 is 1.58 bits per heavy atom. The lowest BCUT2D eigenvalue weighted by Gasteiger charge is -2.44. The Morgan fingerprint density at radius 3 is 2.27 bits per heavy atom. The van der Waals surface area contributed by atoms with Gasteiger partial charge in [-0.15, -0.1) is 0 Å². The predicted molar refractivity (Wildman–Crippen MR) is 132 cm³/mol. The molecule has 2 amide bonds. The fraction of sp³-hybridized carbons (Fsp3) is 0.286. The first-order valence-electron chi connectivity index (χ1n) is 11.4. The molecule has 0 N–H and O–H groups in total. The van der Waals surface area contributed by atoms with Crippen LogP contribution in [0.2, 0.25) is 0 Å². The second kappa shape index (κ2) is 9.49. The van der Waals surface area contributed by atoms with E-state index in [9.17, 15) is 9.59 Å². The van der Waals surface area contributed by atoms with Gasteiger partial charge in [0.1, 0.15) is 5.75 Å². The van der Waals surface area contributed by atoms with Crippen molar-refractivity contribution in [3.63, 3.8) is 0 Å². The lowest BCUT2D eigenvalue weighted by atomic mass is 9.88. The summed E-state index contributed by atoms with van der Waals surface area (Å²) in [6.45, 7) is 5.89. The molecular formula is C28H30N2O3. The number of nitrogens with zero attached hydrogens (tertiary/aromatic N) is 2. The van der Waals surface area contributed by atoms with Crippen LogP contribution in [-0.4, -0.2) is 25.0 Å². The van der Waals surface area contributed by atoms with Gasteiger partial charge < -0.3 is 14.5 Å². The van der Waals surface area contributed by atoms with Crippen molar-refractivity contribution in [3.8, 4) is 5.75 Å². The third-order valence-electron chi connectivity index (χ3n) is 6.19. The fourth-order valence-corrected chi connectivity index (χ4v) is 4.61. The third-order valence-corrected chi connectivity index (χ3v) is 6.19. The molecule has 0 fully saturated rings. The molecule has 170 valence electrons. The third kappa shape index (κ3) is 4.23. The Hall–Kier alpha value is -3.60. The SMILES string of the molecule is COc1ccccc1C(=O)N1c2ccccc2C(N(C(=O)C(C)C)c2ccccc2)CC1C. The van der Waals surface area contributed by atoms with Crippen LogP contribution in [0.25, 0.3) is 0 Å². The van der Waals surface area contributed by atoms with E-state index < -0.39 is 0 Å². The molecule has 0 saturated carbocycles. The average molecular weight is 443 g/mol. The van der Waals surface area contributed by atoms with Gasteiger partial charge >= 0.3 is 0 Å². The minimum absolute atomic E-state index is 0.0673. The van der Waals surface area contributed by atoms with E-state index in [0.717, 1.165) is 16.9 Å². The van der Waals surface area contributed by atoms with E-state index in [1.165, 1.54) is 0 Å². The Labute approximate surface area is 195 Å². The minimum atomic E-state index is -0.171. The number of carbonyl (C=O) groups is 2. The van der Waals surface area contributed by atoms with Crippen LogP contribution >= 0.6 is 0 Å². The van der Waals surface area contributed by atoms with Crippen molar-refractivity contribution in [2.45, 2.75) is 39.3 Å². The number of methoxy groups -OCH3 is 1. The van der Waals surface area contributed by atoms with E-state index >= 15 is 0 Å². The summed E-state index contributed by atoms with van der Waals surface area (Å²) in [4.78, 5) is 30.9. The van der Waals surface area contributed by atoms with Gasteiger partial charge in [-0.05, 0) is 49.2 Å². The molecule has 2 unspecified atom stereocenters. The van der Waals surface area contributed by atoms with Gasteiger partial charge in [-0.2, -0.15) is 0 Å². The maximum atomic E-state index is 13.7. The number of para-hydroxylation sites is 3. The molecule has 0 aromatic heterocycles. The highest BCUT2D eigenvalue weighted by atomic mass is 16.5. The van der Waals surface area contributed by atoms with E-state index in [-0.39, 0.29) is 29.8 Å². The lowest BCUT2D eigenvalue weighted by molar-refractivity contribution is -0.122. The average Bonchev–Trinajstić information content (AvgIpc) is 2.84. The summed E-state index contributed by atoms with van der Waals surface area (Å²) >= 11 is 0. The van der Waals surface area contributed by atoms with Crippen LogP contribution < -0.4 is 14.5 Å². The first kappa shape index (κ1) is 22.6. The summed E-state index contributed by atoms with van der Waals surface area (Å²) in [5.41, 5.74) is 3.19. The number of ether oxygens (including phenoxy) is 1. The maximum absolute atomic E-state index is 13.7. The van der Waals surface area contributed by atoms with Crippen molar-refractivity contribution < 1.29 is 14.3 Å². The molecule has 3 aromatic carbocycles. The highest BCUT2D eigenvalue weighted by Gasteiger charge is 2.39. The summed E-state index contributed by atoms with van der Waals surface area (Å²) in [5.74, 6) is 0.362. The molecule has 2 atom stereocenters. The topological polar surface area (TPSA) is 49.9 Å². The molecule has 33 heavy (non-hydrogen) atoms. The quantitative estimate of drug-likeness (QED) is 0.497. The second-order valence-electron chi connectivity index (χ2n) is 8.73. The van der Waals surface area contributed by atoms with Gasteiger partial charge in [0.2, 0.25) is 5.91 Å². The largest absolute Gasteiger partial charge is 0.496 e. The van der Waals surface area contributed by atoms with E-state index in [1.807, 2.05) is 97.3 Å².